The number of nitrogens with one attached hydrogen (secondary N) is 2. The van der Waals surface area contributed by atoms with Gasteiger partial charge in [0.25, 0.3) is 0 Å². The van der Waals surface area contributed by atoms with Gasteiger partial charge in [-0.3, -0.25) is 0 Å². The fourth-order valence-corrected chi connectivity index (χ4v) is 1.97. The minimum absolute atomic E-state index is 0.209. The molecule has 2 rings (SSSR count). The fourth-order valence-electron chi connectivity index (χ4n) is 1.97. The van der Waals surface area contributed by atoms with Gasteiger partial charge in [0.15, 0.2) is 0 Å². The summed E-state index contributed by atoms with van der Waals surface area (Å²) in [7, 11) is 0. The van der Waals surface area contributed by atoms with E-state index in [4.69, 9.17) is 0 Å². The number of anilines is 1. The highest BCUT2D eigenvalue weighted by molar-refractivity contribution is 5.56. The van der Waals surface area contributed by atoms with Crippen LogP contribution in [-0.4, -0.2) is 25.7 Å². The Kier molecular flexibility index (Phi) is 4.14. The fraction of sp³-hybridized carbons (Fsp3) is 0.500. The van der Waals surface area contributed by atoms with Crippen LogP contribution in [0.2, 0.25) is 0 Å². The number of hydrogen-bond donors (Lipinski definition) is 2. The first-order valence-electron chi connectivity index (χ1n) is 5.77. The van der Waals surface area contributed by atoms with E-state index in [2.05, 4.69) is 15.4 Å². The lowest BCUT2D eigenvalue weighted by Crippen LogP contribution is -2.35. The molecule has 0 bridgehead atoms. The van der Waals surface area contributed by atoms with E-state index in [0.717, 1.165) is 25.9 Å². The van der Waals surface area contributed by atoms with Crippen LogP contribution < -0.4 is 15.4 Å². The van der Waals surface area contributed by atoms with Gasteiger partial charge < -0.3 is 15.4 Å². The van der Waals surface area contributed by atoms with Crippen LogP contribution in [0.25, 0.3) is 0 Å². The Balaban J connectivity index is 2.03. The maximum absolute atomic E-state index is 12.2. The lowest BCUT2D eigenvalue weighted by Gasteiger charge is -2.25. The van der Waals surface area contributed by atoms with E-state index < -0.39 is 6.61 Å². The molecular formula is C12H16F2N2O. The molecule has 1 aliphatic heterocycles. The van der Waals surface area contributed by atoms with Gasteiger partial charge in [-0.15, -0.1) is 0 Å². The van der Waals surface area contributed by atoms with E-state index in [0.29, 0.717) is 11.7 Å². The van der Waals surface area contributed by atoms with Crippen molar-refractivity contribution in [2.24, 2.45) is 0 Å². The summed E-state index contributed by atoms with van der Waals surface area (Å²) in [5.74, 6) is 0.209. The summed E-state index contributed by atoms with van der Waals surface area (Å²) < 4.78 is 28.9. The van der Waals surface area contributed by atoms with Gasteiger partial charge in [-0.1, -0.05) is 12.1 Å². The third kappa shape index (κ3) is 3.56. The third-order valence-corrected chi connectivity index (χ3v) is 2.80. The molecule has 0 aliphatic carbocycles. The van der Waals surface area contributed by atoms with Crippen molar-refractivity contribution in [1.29, 1.82) is 0 Å². The second kappa shape index (κ2) is 5.82. The molecule has 3 nitrogen and oxygen atoms in total. The molecule has 0 saturated carbocycles. The molecule has 1 saturated heterocycles. The molecule has 0 unspecified atom stereocenters. The maximum atomic E-state index is 12.2. The minimum atomic E-state index is -2.79. The van der Waals surface area contributed by atoms with Gasteiger partial charge in [-0.2, -0.15) is 8.78 Å². The summed E-state index contributed by atoms with van der Waals surface area (Å²) in [6.45, 7) is -0.878. The van der Waals surface area contributed by atoms with Gasteiger partial charge >= 0.3 is 6.61 Å². The number of halogens is 2. The molecule has 0 spiro atoms. The van der Waals surface area contributed by atoms with Gasteiger partial charge in [-0.25, -0.2) is 0 Å². The van der Waals surface area contributed by atoms with E-state index in [1.807, 2.05) is 6.07 Å². The molecule has 2 N–H and O–H groups in total. The largest absolute Gasteiger partial charge is 0.433 e. The van der Waals surface area contributed by atoms with Crippen LogP contribution in [0.1, 0.15) is 12.8 Å². The van der Waals surface area contributed by atoms with Crippen molar-refractivity contribution >= 4 is 5.69 Å². The van der Waals surface area contributed by atoms with Crippen molar-refractivity contribution in [3.8, 4) is 5.75 Å². The molecule has 0 atom stereocenters. The topological polar surface area (TPSA) is 33.3 Å². The normalized spacial score (nSPS) is 17.1. The minimum Gasteiger partial charge on any atom is -0.433 e. The van der Waals surface area contributed by atoms with Crippen molar-refractivity contribution in [3.63, 3.8) is 0 Å². The number of para-hydroxylation sites is 2. The molecular weight excluding hydrogens is 226 g/mol. The summed E-state index contributed by atoms with van der Waals surface area (Å²) in [5.41, 5.74) is 0.639. The monoisotopic (exact) mass is 242 g/mol. The Morgan fingerprint density at radius 2 is 1.94 bits per heavy atom. The molecule has 94 valence electrons. The Bertz CT molecular complexity index is 354. The summed E-state index contributed by atoms with van der Waals surface area (Å²) in [5, 5.41) is 6.51. The highest BCUT2D eigenvalue weighted by Crippen LogP contribution is 2.27. The first-order valence-corrected chi connectivity index (χ1v) is 5.77. The summed E-state index contributed by atoms with van der Waals surface area (Å²) in [6, 6.07) is 7.13. The number of hydrogen-bond acceptors (Lipinski definition) is 3. The predicted octanol–water partition coefficient (Wildman–Crippen LogP) is 2.45. The smallest absolute Gasteiger partial charge is 0.387 e. The molecule has 0 aromatic heterocycles. The number of alkyl halides is 2. The van der Waals surface area contributed by atoms with Crippen molar-refractivity contribution in [2.75, 3.05) is 18.4 Å². The lowest BCUT2D eigenvalue weighted by atomic mass is 10.1. The highest BCUT2D eigenvalue weighted by atomic mass is 19.3. The summed E-state index contributed by atoms with van der Waals surface area (Å²) in [6.07, 6.45) is 1.98. The third-order valence-electron chi connectivity index (χ3n) is 2.80. The first-order chi connectivity index (χ1) is 8.25. The van der Waals surface area contributed by atoms with E-state index in [9.17, 15) is 8.78 Å². The number of benzene rings is 1. The first kappa shape index (κ1) is 12.1. The molecule has 1 heterocycles. The van der Waals surface area contributed by atoms with Crippen LogP contribution in [-0.2, 0) is 0 Å². The van der Waals surface area contributed by atoms with Crippen LogP contribution in [0.15, 0.2) is 24.3 Å². The number of rotatable bonds is 4. The number of piperidine rings is 1. The number of ether oxygens (including phenoxy) is 1. The van der Waals surface area contributed by atoms with Crippen molar-refractivity contribution in [3.05, 3.63) is 24.3 Å². The van der Waals surface area contributed by atoms with Gasteiger partial charge in [0, 0.05) is 6.04 Å². The van der Waals surface area contributed by atoms with E-state index in [-0.39, 0.29) is 5.75 Å². The Morgan fingerprint density at radius 1 is 1.24 bits per heavy atom. The Morgan fingerprint density at radius 3 is 2.65 bits per heavy atom. The lowest BCUT2D eigenvalue weighted by molar-refractivity contribution is -0.0493. The molecule has 1 fully saturated rings. The van der Waals surface area contributed by atoms with Gasteiger partial charge in [-0.05, 0) is 38.1 Å². The maximum Gasteiger partial charge on any atom is 0.387 e. The van der Waals surface area contributed by atoms with Crippen molar-refractivity contribution in [2.45, 2.75) is 25.5 Å². The zero-order chi connectivity index (χ0) is 12.1. The molecule has 0 radical (unpaired) electrons. The van der Waals surface area contributed by atoms with Gasteiger partial charge in [0.2, 0.25) is 0 Å². The van der Waals surface area contributed by atoms with Crippen molar-refractivity contribution in [1.82, 2.24) is 5.32 Å². The molecule has 1 aliphatic rings. The average molecular weight is 242 g/mol. The average Bonchev–Trinajstić information content (AvgIpc) is 2.32. The van der Waals surface area contributed by atoms with Gasteiger partial charge in [0.05, 0.1) is 5.69 Å². The summed E-state index contributed by atoms with van der Waals surface area (Å²) in [4.78, 5) is 0. The molecule has 0 amide bonds. The van der Waals surface area contributed by atoms with Crippen LogP contribution in [0, 0.1) is 0 Å². The van der Waals surface area contributed by atoms with Crippen molar-refractivity contribution < 1.29 is 13.5 Å². The van der Waals surface area contributed by atoms with Crippen LogP contribution in [0.3, 0.4) is 0 Å². The molecule has 1 aromatic carbocycles. The zero-order valence-corrected chi connectivity index (χ0v) is 9.46. The van der Waals surface area contributed by atoms with Crippen LogP contribution >= 0.6 is 0 Å². The van der Waals surface area contributed by atoms with Gasteiger partial charge in [0.1, 0.15) is 5.75 Å². The highest BCUT2D eigenvalue weighted by Gasteiger charge is 2.15. The molecule has 5 heteroatoms. The van der Waals surface area contributed by atoms with E-state index in [1.165, 1.54) is 0 Å². The quantitative estimate of drug-likeness (QED) is 0.850. The second-order valence-corrected chi connectivity index (χ2v) is 4.04. The Hall–Kier alpha value is -1.36. The van der Waals surface area contributed by atoms with E-state index in [1.54, 1.807) is 18.2 Å². The zero-order valence-electron chi connectivity index (χ0n) is 9.46. The van der Waals surface area contributed by atoms with Crippen LogP contribution in [0.5, 0.6) is 5.75 Å². The molecule has 17 heavy (non-hydrogen) atoms. The molecule has 1 aromatic rings. The summed E-state index contributed by atoms with van der Waals surface area (Å²) >= 11 is 0. The van der Waals surface area contributed by atoms with E-state index >= 15 is 0 Å². The predicted molar refractivity (Wildman–Crippen MR) is 62.6 cm³/mol. The Labute approximate surface area is 99.2 Å². The SMILES string of the molecule is FC(F)Oc1ccccc1NC1CCNCC1. The standard InChI is InChI=1S/C12H16F2N2O/c13-12(14)17-11-4-2-1-3-10(11)16-9-5-7-15-8-6-9/h1-4,9,12,15-16H,5-8H2. The second-order valence-electron chi connectivity index (χ2n) is 4.04. The van der Waals surface area contributed by atoms with Crippen LogP contribution in [0.4, 0.5) is 14.5 Å².